The highest BCUT2D eigenvalue weighted by molar-refractivity contribution is 6.07. The molecule has 0 aliphatic carbocycles. The van der Waals surface area contributed by atoms with E-state index < -0.39 is 0 Å². The summed E-state index contributed by atoms with van der Waals surface area (Å²) in [6.45, 7) is 0. The molecule has 54 heavy (non-hydrogen) atoms. The topological polar surface area (TPSA) is 38.7 Å². The van der Waals surface area contributed by atoms with E-state index in [0.29, 0.717) is 17.5 Å². The predicted octanol–water partition coefficient (Wildman–Crippen LogP) is 13.3. The van der Waals surface area contributed by atoms with Crippen molar-refractivity contribution in [2.75, 3.05) is 0 Å². The highest BCUT2D eigenvalue weighted by Gasteiger charge is 2.17. The number of fused-ring (bicyclic) bond motifs is 3. The van der Waals surface area contributed by atoms with E-state index in [1.807, 2.05) is 18.2 Å². The Morgan fingerprint density at radius 2 is 0.667 bits per heavy atom. The number of hydrogen-bond donors (Lipinski definition) is 0. The van der Waals surface area contributed by atoms with Crippen LogP contribution in [0.4, 0.5) is 0 Å². The molecular formula is C51H33N3. The Morgan fingerprint density at radius 1 is 0.222 bits per heavy atom. The summed E-state index contributed by atoms with van der Waals surface area (Å²) in [6.07, 6.45) is 0. The predicted molar refractivity (Wildman–Crippen MR) is 225 cm³/mol. The third kappa shape index (κ3) is 5.78. The molecule has 0 N–H and O–H groups in total. The Morgan fingerprint density at radius 3 is 1.37 bits per heavy atom. The Balaban J connectivity index is 1.17. The fourth-order valence-electron chi connectivity index (χ4n) is 7.65. The lowest BCUT2D eigenvalue weighted by Gasteiger charge is -2.14. The molecule has 1 aromatic heterocycles. The maximum absolute atomic E-state index is 5.24. The number of aromatic nitrogens is 3. The van der Waals surface area contributed by atoms with Crippen LogP contribution in [0.2, 0.25) is 0 Å². The van der Waals surface area contributed by atoms with Gasteiger partial charge in [-0.05, 0) is 96.0 Å². The van der Waals surface area contributed by atoms with Crippen molar-refractivity contribution >= 4 is 32.3 Å². The first-order chi connectivity index (χ1) is 26.7. The number of hydrogen-bond acceptors (Lipinski definition) is 3. The second-order valence-corrected chi connectivity index (χ2v) is 13.6. The highest BCUT2D eigenvalue weighted by Crippen LogP contribution is 2.39. The van der Waals surface area contributed by atoms with Crippen LogP contribution in [0, 0.1) is 0 Å². The molecule has 0 aliphatic rings. The van der Waals surface area contributed by atoms with Gasteiger partial charge in [-0.3, -0.25) is 0 Å². The lowest BCUT2D eigenvalue weighted by Crippen LogP contribution is -2.00. The molecule has 0 bridgehead atoms. The molecule has 3 heteroatoms. The lowest BCUT2D eigenvalue weighted by molar-refractivity contribution is 1.07. The second kappa shape index (κ2) is 13.4. The summed E-state index contributed by atoms with van der Waals surface area (Å²) in [5.74, 6) is 1.90. The molecule has 3 nitrogen and oxygen atoms in total. The van der Waals surface area contributed by atoms with Crippen LogP contribution >= 0.6 is 0 Å². The van der Waals surface area contributed by atoms with Gasteiger partial charge in [-0.2, -0.15) is 0 Å². The van der Waals surface area contributed by atoms with Gasteiger partial charge in [0.25, 0.3) is 0 Å². The fraction of sp³-hybridized carbons (Fsp3) is 0. The number of rotatable bonds is 6. The van der Waals surface area contributed by atoms with Gasteiger partial charge in [0.05, 0.1) is 0 Å². The van der Waals surface area contributed by atoms with Crippen molar-refractivity contribution in [3.8, 4) is 67.5 Å². The summed E-state index contributed by atoms with van der Waals surface area (Å²) < 4.78 is 0. The Kier molecular flexibility index (Phi) is 7.81. The third-order valence-electron chi connectivity index (χ3n) is 10.3. The summed E-state index contributed by atoms with van der Waals surface area (Å²) in [5, 5.41) is 7.14. The molecule has 0 unspecified atom stereocenters. The van der Waals surface area contributed by atoms with Gasteiger partial charge in [-0.15, -0.1) is 0 Å². The molecule has 9 aromatic carbocycles. The minimum absolute atomic E-state index is 0.629. The Labute approximate surface area is 313 Å². The molecule has 0 saturated heterocycles. The van der Waals surface area contributed by atoms with Crippen LogP contribution in [-0.2, 0) is 0 Å². The first-order valence-electron chi connectivity index (χ1n) is 18.3. The van der Waals surface area contributed by atoms with Crippen molar-refractivity contribution in [3.63, 3.8) is 0 Å². The van der Waals surface area contributed by atoms with E-state index in [-0.39, 0.29) is 0 Å². The number of nitrogens with zero attached hydrogens (tertiary/aromatic N) is 3. The van der Waals surface area contributed by atoms with Crippen LogP contribution in [0.25, 0.3) is 99.9 Å². The largest absolute Gasteiger partial charge is 0.208 e. The van der Waals surface area contributed by atoms with Crippen molar-refractivity contribution in [2.45, 2.75) is 0 Å². The molecule has 0 fully saturated rings. The van der Waals surface area contributed by atoms with Gasteiger partial charge in [0.2, 0.25) is 0 Å². The maximum Gasteiger partial charge on any atom is 0.164 e. The van der Waals surface area contributed by atoms with Gasteiger partial charge in [0.1, 0.15) is 0 Å². The Hall–Kier alpha value is -7.23. The smallest absolute Gasteiger partial charge is 0.164 e. The third-order valence-corrected chi connectivity index (χ3v) is 10.3. The fourth-order valence-corrected chi connectivity index (χ4v) is 7.65. The van der Waals surface area contributed by atoms with Crippen molar-refractivity contribution in [1.82, 2.24) is 15.0 Å². The van der Waals surface area contributed by atoms with Crippen LogP contribution in [-0.4, -0.2) is 15.0 Å². The average Bonchev–Trinajstić information content (AvgIpc) is 3.26. The van der Waals surface area contributed by atoms with Crippen LogP contribution in [0.5, 0.6) is 0 Å². The van der Waals surface area contributed by atoms with E-state index in [1.54, 1.807) is 0 Å². The molecular weight excluding hydrogens is 655 g/mol. The summed E-state index contributed by atoms with van der Waals surface area (Å²) in [5.41, 5.74) is 9.78. The monoisotopic (exact) mass is 687 g/mol. The zero-order chi connectivity index (χ0) is 35.8. The molecule has 0 atom stereocenters. The molecule has 252 valence electrons. The van der Waals surface area contributed by atoms with E-state index >= 15 is 0 Å². The molecule has 10 rings (SSSR count). The first-order valence-corrected chi connectivity index (χ1v) is 18.3. The van der Waals surface area contributed by atoms with Crippen molar-refractivity contribution in [2.24, 2.45) is 0 Å². The Bertz CT molecular complexity index is 2980. The highest BCUT2D eigenvalue weighted by atomic mass is 15.0. The summed E-state index contributed by atoms with van der Waals surface area (Å²) in [6, 6.07) is 70.7. The summed E-state index contributed by atoms with van der Waals surface area (Å²) >= 11 is 0. The average molecular weight is 688 g/mol. The maximum atomic E-state index is 5.24. The van der Waals surface area contributed by atoms with Gasteiger partial charge in [-0.1, -0.05) is 170 Å². The zero-order valence-corrected chi connectivity index (χ0v) is 29.4. The van der Waals surface area contributed by atoms with Crippen LogP contribution in [0.15, 0.2) is 200 Å². The standard InChI is InChI=1S/C51H33N3/c1-3-15-34(16-4-1)41-30-37-20-8-11-26-44(37)47(32-41)39-23-13-24-40(29-39)50-52-49(36-18-5-2-6-19-36)53-51(54-50)42-31-38-21-9-12-27-45(38)48(33-42)46-28-14-22-35-17-7-10-25-43(35)46/h1-33H. The van der Waals surface area contributed by atoms with Gasteiger partial charge in [-0.25, -0.2) is 15.0 Å². The van der Waals surface area contributed by atoms with E-state index in [4.69, 9.17) is 15.0 Å². The van der Waals surface area contributed by atoms with Crippen LogP contribution in [0.3, 0.4) is 0 Å². The molecule has 1 heterocycles. The van der Waals surface area contributed by atoms with Crippen LogP contribution in [0.1, 0.15) is 0 Å². The zero-order valence-electron chi connectivity index (χ0n) is 29.4. The molecule has 0 saturated carbocycles. The van der Waals surface area contributed by atoms with Gasteiger partial charge in [0, 0.05) is 16.7 Å². The lowest BCUT2D eigenvalue weighted by atomic mass is 9.92. The number of benzene rings is 9. The SMILES string of the molecule is c1ccc(-c2cc(-c3cccc(-c4nc(-c5ccccc5)nc(-c5cc(-c6cccc7ccccc67)c6ccccc6c5)n4)c3)c3ccccc3c2)cc1. The van der Waals surface area contributed by atoms with Gasteiger partial charge in [0.15, 0.2) is 17.5 Å². The first kappa shape index (κ1) is 31.5. The van der Waals surface area contributed by atoms with Crippen LogP contribution < -0.4 is 0 Å². The van der Waals surface area contributed by atoms with Crippen molar-refractivity contribution in [1.29, 1.82) is 0 Å². The summed E-state index contributed by atoms with van der Waals surface area (Å²) in [4.78, 5) is 15.5. The molecule has 10 aromatic rings. The normalized spacial score (nSPS) is 11.3. The van der Waals surface area contributed by atoms with E-state index in [2.05, 4.69) is 182 Å². The van der Waals surface area contributed by atoms with Gasteiger partial charge >= 0.3 is 0 Å². The van der Waals surface area contributed by atoms with E-state index in [9.17, 15) is 0 Å². The molecule has 0 aliphatic heterocycles. The minimum atomic E-state index is 0.629. The van der Waals surface area contributed by atoms with E-state index in [1.165, 1.54) is 49.2 Å². The minimum Gasteiger partial charge on any atom is -0.208 e. The molecule has 0 radical (unpaired) electrons. The van der Waals surface area contributed by atoms with E-state index in [0.717, 1.165) is 33.2 Å². The van der Waals surface area contributed by atoms with Gasteiger partial charge < -0.3 is 0 Å². The quantitative estimate of drug-likeness (QED) is 0.175. The van der Waals surface area contributed by atoms with Crippen molar-refractivity contribution in [3.05, 3.63) is 200 Å². The molecule has 0 spiro atoms. The summed E-state index contributed by atoms with van der Waals surface area (Å²) in [7, 11) is 0. The van der Waals surface area contributed by atoms with Crippen molar-refractivity contribution < 1.29 is 0 Å². The second-order valence-electron chi connectivity index (χ2n) is 13.6. The molecule has 0 amide bonds.